The fraction of sp³-hybridized carbons (Fsp3) is 0.320. The number of benzene rings is 2. The standard InChI is InChI=1S/C25H25N3O3S/c1-3-9-17-21(25(31)28(26-17)15-10-5-4-6-11-15)22-23(29)16(24(22)30)14-20-27(2)18-12-7-8-13-19(18)32-20/h4-8,10-14,16,22-24,26H,3,9H2,1-2H3/q-2. The molecule has 166 valence electrons. The first-order valence-electron chi connectivity index (χ1n) is 10.9. The second-order valence-electron chi connectivity index (χ2n) is 8.40. The fourth-order valence-electron chi connectivity index (χ4n) is 4.69. The number of aryl methyl sites for hydroxylation is 1. The molecule has 1 saturated carbocycles. The van der Waals surface area contributed by atoms with Crippen LogP contribution >= 0.6 is 11.8 Å². The van der Waals surface area contributed by atoms with Crippen LogP contribution in [0.1, 0.15) is 30.5 Å². The molecule has 1 aliphatic heterocycles. The zero-order chi connectivity index (χ0) is 22.4. The van der Waals surface area contributed by atoms with Crippen molar-refractivity contribution in [2.75, 3.05) is 11.9 Å². The van der Waals surface area contributed by atoms with Gasteiger partial charge in [0.05, 0.1) is 16.4 Å². The molecule has 7 heteroatoms. The van der Waals surface area contributed by atoms with Gasteiger partial charge in [0.1, 0.15) is 0 Å². The van der Waals surface area contributed by atoms with Gasteiger partial charge in [-0.1, -0.05) is 61.5 Å². The van der Waals surface area contributed by atoms with Gasteiger partial charge in [-0.2, -0.15) is 0 Å². The van der Waals surface area contributed by atoms with Gasteiger partial charge in [-0.25, -0.2) is 4.68 Å². The molecule has 1 aliphatic carbocycles. The summed E-state index contributed by atoms with van der Waals surface area (Å²) in [5, 5.41) is 30.6. The molecule has 1 aromatic heterocycles. The summed E-state index contributed by atoms with van der Waals surface area (Å²) in [6.07, 6.45) is 0.990. The lowest BCUT2D eigenvalue weighted by atomic mass is 9.65. The van der Waals surface area contributed by atoms with Crippen LogP contribution < -0.4 is 20.7 Å². The van der Waals surface area contributed by atoms with E-state index in [0.717, 1.165) is 22.0 Å². The number of fused-ring (bicyclic) bond motifs is 1. The number of hydrogen-bond donors (Lipinski definition) is 1. The number of aromatic amines is 1. The largest absolute Gasteiger partial charge is 0.851 e. The first-order chi connectivity index (χ1) is 15.5. The first-order valence-corrected chi connectivity index (χ1v) is 11.8. The zero-order valence-electron chi connectivity index (χ0n) is 18.0. The third-order valence-corrected chi connectivity index (χ3v) is 7.61. The van der Waals surface area contributed by atoms with E-state index in [2.05, 4.69) is 5.10 Å². The minimum absolute atomic E-state index is 0.280. The molecule has 2 aliphatic rings. The zero-order valence-corrected chi connectivity index (χ0v) is 18.8. The molecule has 0 spiro atoms. The summed E-state index contributed by atoms with van der Waals surface area (Å²) in [5.41, 5.74) is 2.58. The van der Waals surface area contributed by atoms with E-state index >= 15 is 0 Å². The Morgan fingerprint density at radius 2 is 1.75 bits per heavy atom. The minimum atomic E-state index is -1.13. The highest BCUT2D eigenvalue weighted by Gasteiger charge is 2.40. The van der Waals surface area contributed by atoms with Crippen molar-refractivity contribution in [3.8, 4) is 5.69 Å². The highest BCUT2D eigenvalue weighted by molar-refractivity contribution is 8.03. The van der Waals surface area contributed by atoms with Gasteiger partial charge < -0.3 is 15.1 Å². The monoisotopic (exact) mass is 447 g/mol. The lowest BCUT2D eigenvalue weighted by Crippen LogP contribution is -2.65. The number of aromatic nitrogens is 2. The molecule has 5 rings (SSSR count). The summed E-state index contributed by atoms with van der Waals surface area (Å²) < 4.78 is 1.46. The van der Waals surface area contributed by atoms with Crippen molar-refractivity contribution >= 4 is 17.4 Å². The maximum atomic E-state index is 13.3. The van der Waals surface area contributed by atoms with Gasteiger partial charge in [0.2, 0.25) is 0 Å². The average molecular weight is 448 g/mol. The van der Waals surface area contributed by atoms with Crippen LogP contribution in [0.15, 0.2) is 75.4 Å². The second-order valence-corrected chi connectivity index (χ2v) is 9.46. The number of anilines is 1. The number of nitrogens with zero attached hydrogens (tertiary/aromatic N) is 2. The van der Waals surface area contributed by atoms with Crippen LogP contribution in [0.3, 0.4) is 0 Å². The maximum Gasteiger partial charge on any atom is 0.274 e. The molecule has 6 nitrogen and oxygen atoms in total. The van der Waals surface area contributed by atoms with Crippen molar-refractivity contribution in [3.05, 3.63) is 87.3 Å². The molecule has 2 heterocycles. The van der Waals surface area contributed by atoms with Crippen molar-refractivity contribution in [1.82, 2.24) is 9.78 Å². The van der Waals surface area contributed by atoms with Gasteiger partial charge in [0.25, 0.3) is 5.56 Å². The molecule has 32 heavy (non-hydrogen) atoms. The van der Waals surface area contributed by atoms with Crippen molar-refractivity contribution in [2.24, 2.45) is 5.92 Å². The number of nitrogens with one attached hydrogen (secondary N) is 1. The summed E-state index contributed by atoms with van der Waals surface area (Å²) >= 11 is 1.58. The first kappa shape index (κ1) is 21.1. The van der Waals surface area contributed by atoms with Crippen molar-refractivity contribution in [1.29, 1.82) is 0 Å². The molecule has 2 atom stereocenters. The van der Waals surface area contributed by atoms with Gasteiger partial charge in [0.15, 0.2) is 0 Å². The Hall–Kier alpha value is -2.74. The molecule has 2 unspecified atom stereocenters. The molecule has 2 aromatic carbocycles. The summed E-state index contributed by atoms with van der Waals surface area (Å²) in [6, 6.07) is 17.3. The summed E-state index contributed by atoms with van der Waals surface area (Å²) in [4.78, 5) is 16.4. The summed E-state index contributed by atoms with van der Waals surface area (Å²) in [7, 11) is 1.95. The summed E-state index contributed by atoms with van der Waals surface area (Å²) in [6.45, 7) is 2.02. The van der Waals surface area contributed by atoms with Crippen LogP contribution in [0.25, 0.3) is 5.69 Å². The molecular formula is C25H25N3O3S-2. The third kappa shape index (κ3) is 3.32. The average Bonchev–Trinajstić information content (AvgIpc) is 3.30. The van der Waals surface area contributed by atoms with Crippen molar-refractivity contribution in [3.63, 3.8) is 0 Å². The van der Waals surface area contributed by atoms with E-state index in [-0.39, 0.29) is 5.56 Å². The Morgan fingerprint density at radius 3 is 2.44 bits per heavy atom. The van der Waals surface area contributed by atoms with Crippen LogP contribution in [-0.2, 0) is 6.42 Å². The quantitative estimate of drug-likeness (QED) is 0.649. The van der Waals surface area contributed by atoms with Crippen molar-refractivity contribution in [2.45, 2.75) is 42.8 Å². The number of thioether (sulfide) groups is 1. The maximum absolute atomic E-state index is 13.3. The van der Waals surface area contributed by atoms with Gasteiger partial charge in [-0.05, 0) is 42.5 Å². The van der Waals surface area contributed by atoms with E-state index in [0.29, 0.717) is 23.4 Å². The molecule has 3 aromatic rings. The van der Waals surface area contributed by atoms with E-state index in [9.17, 15) is 15.0 Å². The Kier molecular flexibility index (Phi) is 5.49. The molecule has 0 bridgehead atoms. The second kappa shape index (κ2) is 8.31. The number of hydrogen-bond acceptors (Lipinski definition) is 5. The van der Waals surface area contributed by atoms with E-state index in [4.69, 9.17) is 0 Å². The van der Waals surface area contributed by atoms with Gasteiger partial charge >= 0.3 is 0 Å². The van der Waals surface area contributed by atoms with Gasteiger partial charge in [-0.3, -0.25) is 9.89 Å². The number of para-hydroxylation sites is 2. The predicted molar refractivity (Wildman–Crippen MR) is 123 cm³/mol. The molecule has 0 saturated heterocycles. The Balaban J connectivity index is 1.45. The van der Waals surface area contributed by atoms with Gasteiger partial charge in [0, 0.05) is 23.2 Å². The lowest BCUT2D eigenvalue weighted by Gasteiger charge is -2.60. The van der Waals surface area contributed by atoms with Crippen molar-refractivity contribution < 1.29 is 10.2 Å². The smallest absolute Gasteiger partial charge is 0.274 e. The number of rotatable bonds is 5. The third-order valence-electron chi connectivity index (χ3n) is 6.43. The highest BCUT2D eigenvalue weighted by atomic mass is 32.2. The van der Waals surface area contributed by atoms with E-state index in [1.54, 1.807) is 11.8 Å². The minimum Gasteiger partial charge on any atom is -0.851 e. The van der Waals surface area contributed by atoms with Gasteiger partial charge in [-0.15, -0.1) is 12.2 Å². The molecule has 0 radical (unpaired) electrons. The molecular weight excluding hydrogens is 422 g/mol. The van der Waals surface area contributed by atoms with E-state index in [1.807, 2.05) is 79.5 Å². The van der Waals surface area contributed by atoms with Crippen LogP contribution in [0.2, 0.25) is 0 Å². The van der Waals surface area contributed by atoms with Crippen LogP contribution in [0.5, 0.6) is 0 Å². The number of H-pyrrole nitrogens is 1. The van der Waals surface area contributed by atoms with Crippen LogP contribution in [0, 0.1) is 5.92 Å². The molecule has 1 N–H and O–H groups in total. The highest BCUT2D eigenvalue weighted by Crippen LogP contribution is 2.48. The Bertz CT molecular complexity index is 1210. The normalized spacial score (nSPS) is 25.8. The van der Waals surface area contributed by atoms with Crippen LogP contribution in [-0.4, -0.2) is 29.0 Å². The molecule has 0 amide bonds. The molecule has 1 fully saturated rings. The topological polar surface area (TPSA) is 87.1 Å². The Morgan fingerprint density at radius 1 is 1.06 bits per heavy atom. The van der Waals surface area contributed by atoms with E-state index < -0.39 is 24.0 Å². The fourth-order valence-corrected chi connectivity index (χ4v) is 5.84. The predicted octanol–water partition coefficient (Wildman–Crippen LogP) is 2.37. The lowest BCUT2D eigenvalue weighted by molar-refractivity contribution is -0.543. The SMILES string of the molecule is CCCc1[nH]n(-c2ccccc2)c(=O)c1C1C([O-])C(C=C2Sc3ccccc3N2C)C1[O-]. The Labute approximate surface area is 191 Å². The van der Waals surface area contributed by atoms with E-state index in [1.165, 1.54) is 4.68 Å². The van der Waals surface area contributed by atoms with Crippen LogP contribution in [0.4, 0.5) is 5.69 Å². The summed E-state index contributed by atoms with van der Waals surface area (Å²) in [5.74, 6) is -1.47.